The fourth-order valence-corrected chi connectivity index (χ4v) is 2.10. The third-order valence-corrected chi connectivity index (χ3v) is 3.30. The first kappa shape index (κ1) is 12.7. The molecule has 1 aliphatic rings. The van der Waals surface area contributed by atoms with Gasteiger partial charge in [0.25, 0.3) is 0 Å². The molecular formula is C13H14FN5O. The molecule has 7 heteroatoms. The van der Waals surface area contributed by atoms with Crippen LogP contribution in [-0.4, -0.2) is 37.1 Å². The normalized spacial score (nSPS) is 14.2. The Morgan fingerprint density at radius 3 is 2.85 bits per heavy atom. The molecule has 3 rings (SSSR count). The molecular weight excluding hydrogens is 261 g/mol. The minimum absolute atomic E-state index is 0.0813. The highest BCUT2D eigenvalue weighted by Crippen LogP contribution is 2.29. The Bertz CT molecular complexity index is 597. The number of carbonyl (C=O) groups is 1. The summed E-state index contributed by atoms with van der Waals surface area (Å²) < 4.78 is 15.1. The molecule has 0 atom stereocenters. The van der Waals surface area contributed by atoms with Gasteiger partial charge in [0.05, 0.1) is 0 Å². The number of halogens is 1. The molecule has 1 aromatic heterocycles. The van der Waals surface area contributed by atoms with Gasteiger partial charge in [-0.2, -0.15) is 0 Å². The first-order valence-electron chi connectivity index (χ1n) is 6.47. The Labute approximate surface area is 115 Å². The molecule has 0 radical (unpaired) electrons. The fourth-order valence-electron chi connectivity index (χ4n) is 2.10. The summed E-state index contributed by atoms with van der Waals surface area (Å²) in [6.45, 7) is 0.371. The van der Waals surface area contributed by atoms with Gasteiger partial charge in [-0.3, -0.25) is 4.79 Å². The summed E-state index contributed by atoms with van der Waals surface area (Å²) in [5, 5.41) is 10.7. The van der Waals surface area contributed by atoms with Gasteiger partial charge in [0.15, 0.2) is 0 Å². The lowest BCUT2D eigenvalue weighted by Crippen LogP contribution is -2.35. The van der Waals surface area contributed by atoms with Crippen LogP contribution in [0, 0.1) is 5.82 Å². The number of rotatable bonds is 5. The number of amides is 1. The van der Waals surface area contributed by atoms with Crippen LogP contribution in [0.5, 0.6) is 0 Å². The van der Waals surface area contributed by atoms with Crippen molar-refractivity contribution in [2.24, 2.45) is 0 Å². The number of hydrogen-bond donors (Lipinski definition) is 0. The summed E-state index contributed by atoms with van der Waals surface area (Å²) in [5.74, 6) is -0.378. The summed E-state index contributed by atoms with van der Waals surface area (Å²) in [5.41, 5.74) is 0.532. The Morgan fingerprint density at radius 1 is 1.40 bits per heavy atom. The van der Waals surface area contributed by atoms with Gasteiger partial charge in [-0.1, -0.05) is 18.2 Å². The highest BCUT2D eigenvalue weighted by atomic mass is 19.1. The van der Waals surface area contributed by atoms with Gasteiger partial charge in [0, 0.05) is 18.2 Å². The molecule has 1 fully saturated rings. The second kappa shape index (κ2) is 5.36. The quantitative estimate of drug-likeness (QED) is 0.816. The molecule has 2 aromatic rings. The second-order valence-electron chi connectivity index (χ2n) is 4.85. The van der Waals surface area contributed by atoms with Gasteiger partial charge in [-0.05, 0) is 29.3 Å². The summed E-state index contributed by atoms with van der Waals surface area (Å²) in [6.07, 6.45) is 3.33. The van der Waals surface area contributed by atoms with Crippen molar-refractivity contribution in [3.8, 4) is 0 Å². The number of benzene rings is 1. The Morgan fingerprint density at radius 2 is 2.20 bits per heavy atom. The third kappa shape index (κ3) is 2.81. The lowest BCUT2D eigenvalue weighted by atomic mass is 10.2. The molecule has 0 unspecified atom stereocenters. The largest absolute Gasteiger partial charge is 0.334 e. The van der Waals surface area contributed by atoms with E-state index in [0.29, 0.717) is 5.56 Å². The summed E-state index contributed by atoms with van der Waals surface area (Å²) in [7, 11) is 0. The smallest absolute Gasteiger partial charge is 0.244 e. The number of nitrogens with zero attached hydrogens (tertiary/aromatic N) is 5. The zero-order chi connectivity index (χ0) is 13.9. The maximum atomic E-state index is 13.7. The average Bonchev–Trinajstić information content (AvgIpc) is 3.15. The van der Waals surface area contributed by atoms with Crippen molar-refractivity contribution in [3.05, 3.63) is 42.0 Å². The molecule has 6 nitrogen and oxygen atoms in total. The minimum atomic E-state index is -0.284. The lowest BCUT2D eigenvalue weighted by Gasteiger charge is -2.22. The van der Waals surface area contributed by atoms with Crippen molar-refractivity contribution < 1.29 is 9.18 Å². The van der Waals surface area contributed by atoms with E-state index in [2.05, 4.69) is 15.5 Å². The molecule has 0 spiro atoms. The predicted molar refractivity (Wildman–Crippen MR) is 67.8 cm³/mol. The fraction of sp³-hybridized carbons (Fsp3) is 0.385. The van der Waals surface area contributed by atoms with Crippen LogP contribution in [0.2, 0.25) is 0 Å². The highest BCUT2D eigenvalue weighted by Gasteiger charge is 2.33. The third-order valence-electron chi connectivity index (χ3n) is 3.30. The Hall–Kier alpha value is -2.31. The predicted octanol–water partition coefficient (Wildman–Crippen LogP) is 1.00. The molecule has 0 N–H and O–H groups in total. The molecule has 0 saturated heterocycles. The highest BCUT2D eigenvalue weighted by molar-refractivity contribution is 5.76. The number of tetrazole rings is 1. The van der Waals surface area contributed by atoms with Crippen LogP contribution in [-0.2, 0) is 17.9 Å². The molecule has 20 heavy (non-hydrogen) atoms. The van der Waals surface area contributed by atoms with Crippen LogP contribution in [0.25, 0.3) is 0 Å². The van der Waals surface area contributed by atoms with Crippen LogP contribution in [0.3, 0.4) is 0 Å². The summed E-state index contributed by atoms with van der Waals surface area (Å²) in [4.78, 5) is 14.0. The van der Waals surface area contributed by atoms with E-state index in [9.17, 15) is 9.18 Å². The molecule has 104 valence electrons. The van der Waals surface area contributed by atoms with Gasteiger partial charge < -0.3 is 4.90 Å². The monoisotopic (exact) mass is 275 g/mol. The van der Waals surface area contributed by atoms with Crippen molar-refractivity contribution >= 4 is 5.91 Å². The maximum Gasteiger partial charge on any atom is 0.244 e. The molecule has 1 heterocycles. The van der Waals surface area contributed by atoms with Crippen molar-refractivity contribution in [1.29, 1.82) is 0 Å². The van der Waals surface area contributed by atoms with Crippen LogP contribution in [0.1, 0.15) is 18.4 Å². The molecule has 0 bridgehead atoms. The molecule has 0 aliphatic heterocycles. The van der Waals surface area contributed by atoms with Crippen molar-refractivity contribution in [1.82, 2.24) is 25.1 Å². The van der Waals surface area contributed by atoms with Gasteiger partial charge >= 0.3 is 0 Å². The number of hydrogen-bond acceptors (Lipinski definition) is 4. The Kier molecular flexibility index (Phi) is 3.41. The van der Waals surface area contributed by atoms with Crippen molar-refractivity contribution in [3.63, 3.8) is 0 Å². The first-order chi connectivity index (χ1) is 9.74. The standard InChI is InChI=1S/C13H14FN5O/c14-12-4-2-1-3-10(12)7-19(11-5-6-11)13(20)8-18-9-15-16-17-18/h1-4,9,11H,5-8H2. The van der Waals surface area contributed by atoms with Gasteiger partial charge in [-0.15, -0.1) is 5.10 Å². The van der Waals surface area contributed by atoms with Crippen molar-refractivity contribution in [2.75, 3.05) is 0 Å². The summed E-state index contributed by atoms with van der Waals surface area (Å²) >= 11 is 0. The molecule has 1 aromatic carbocycles. The topological polar surface area (TPSA) is 63.9 Å². The minimum Gasteiger partial charge on any atom is -0.334 e. The zero-order valence-electron chi connectivity index (χ0n) is 10.8. The molecule has 1 amide bonds. The lowest BCUT2D eigenvalue weighted by molar-refractivity contribution is -0.133. The maximum absolute atomic E-state index is 13.7. The number of aromatic nitrogens is 4. The second-order valence-corrected chi connectivity index (χ2v) is 4.85. The van der Waals surface area contributed by atoms with Gasteiger partial charge in [-0.25, -0.2) is 9.07 Å². The first-order valence-corrected chi connectivity index (χ1v) is 6.47. The van der Waals surface area contributed by atoms with Crippen LogP contribution in [0.15, 0.2) is 30.6 Å². The van der Waals surface area contributed by atoms with E-state index in [0.717, 1.165) is 12.8 Å². The van der Waals surface area contributed by atoms with Gasteiger partial charge in [0.2, 0.25) is 5.91 Å². The molecule has 1 aliphatic carbocycles. The van der Waals surface area contributed by atoms with E-state index in [1.54, 1.807) is 23.1 Å². The van der Waals surface area contributed by atoms with Crippen LogP contribution >= 0.6 is 0 Å². The van der Waals surface area contributed by atoms with E-state index in [1.165, 1.54) is 17.1 Å². The van der Waals surface area contributed by atoms with Crippen LogP contribution in [0.4, 0.5) is 4.39 Å². The Balaban J connectivity index is 1.72. The SMILES string of the molecule is O=C(Cn1cnnn1)N(Cc1ccccc1F)C1CC1. The van der Waals surface area contributed by atoms with Crippen molar-refractivity contribution in [2.45, 2.75) is 32.0 Å². The van der Waals surface area contributed by atoms with Crippen LogP contribution < -0.4 is 0 Å². The van der Waals surface area contributed by atoms with E-state index in [4.69, 9.17) is 0 Å². The van der Waals surface area contributed by atoms with E-state index >= 15 is 0 Å². The van der Waals surface area contributed by atoms with E-state index < -0.39 is 0 Å². The van der Waals surface area contributed by atoms with E-state index in [1.807, 2.05) is 0 Å². The number of carbonyl (C=O) groups excluding carboxylic acids is 1. The van der Waals surface area contributed by atoms with E-state index in [-0.39, 0.29) is 30.9 Å². The zero-order valence-corrected chi connectivity index (χ0v) is 10.8. The van der Waals surface area contributed by atoms with Gasteiger partial charge in [0.1, 0.15) is 18.7 Å². The summed E-state index contributed by atoms with van der Waals surface area (Å²) in [6, 6.07) is 6.73. The average molecular weight is 275 g/mol. The molecule has 1 saturated carbocycles.